The van der Waals surface area contributed by atoms with Crippen LogP contribution in [0.4, 0.5) is 0 Å². The molecular weight excluding hydrogens is 110 g/mol. The Morgan fingerprint density at radius 2 is 2.44 bits per heavy atom. The van der Waals surface area contributed by atoms with E-state index in [2.05, 4.69) is 18.2 Å². The normalized spacial score (nSPS) is 22.3. The van der Waals surface area contributed by atoms with Crippen LogP contribution in [0.1, 0.15) is 26.2 Å². The van der Waals surface area contributed by atoms with Crippen LogP contribution in [-0.4, -0.2) is 24.5 Å². The molecule has 1 aliphatic rings. The summed E-state index contributed by atoms with van der Waals surface area (Å²) >= 11 is 0. The van der Waals surface area contributed by atoms with Crippen molar-refractivity contribution in [1.29, 1.82) is 0 Å². The molecule has 1 rings (SSSR count). The second-order valence-corrected chi connectivity index (χ2v) is 2.73. The first-order valence-electron chi connectivity index (χ1n) is 3.97. The number of hydrogen-bond donors (Lipinski definition) is 0. The van der Waals surface area contributed by atoms with Crippen LogP contribution in [0, 0.1) is 6.42 Å². The van der Waals surface area contributed by atoms with E-state index in [1.54, 1.807) is 0 Å². The summed E-state index contributed by atoms with van der Waals surface area (Å²) in [4.78, 5) is 2.52. The van der Waals surface area contributed by atoms with Crippen molar-refractivity contribution in [2.24, 2.45) is 0 Å². The topological polar surface area (TPSA) is 3.24 Å². The minimum Gasteiger partial charge on any atom is -0.303 e. The number of likely N-dealkylation sites (tertiary alicyclic amines) is 1. The largest absolute Gasteiger partial charge is 0.303 e. The summed E-state index contributed by atoms with van der Waals surface area (Å²) in [6.45, 7) is 6.09. The summed E-state index contributed by atoms with van der Waals surface area (Å²) in [7, 11) is 0. The molecule has 1 radical (unpaired) electrons. The second-order valence-electron chi connectivity index (χ2n) is 2.73. The molecule has 0 atom stereocenters. The summed E-state index contributed by atoms with van der Waals surface area (Å²) < 4.78 is 0. The number of piperidine rings is 1. The third-order valence-corrected chi connectivity index (χ3v) is 1.81. The second kappa shape index (κ2) is 3.89. The molecule has 1 aliphatic heterocycles. The molecule has 1 heterocycles. The predicted molar refractivity (Wildman–Crippen MR) is 40.3 cm³/mol. The van der Waals surface area contributed by atoms with Crippen molar-refractivity contribution in [2.75, 3.05) is 19.6 Å². The van der Waals surface area contributed by atoms with Crippen LogP contribution in [0.2, 0.25) is 0 Å². The summed E-state index contributed by atoms with van der Waals surface area (Å²) in [5, 5.41) is 0. The lowest BCUT2D eigenvalue weighted by Crippen LogP contribution is -2.30. The van der Waals surface area contributed by atoms with Crippen molar-refractivity contribution in [3.63, 3.8) is 0 Å². The van der Waals surface area contributed by atoms with E-state index in [-0.39, 0.29) is 0 Å². The molecule has 53 valence electrons. The van der Waals surface area contributed by atoms with Gasteiger partial charge >= 0.3 is 0 Å². The van der Waals surface area contributed by atoms with Crippen molar-refractivity contribution in [3.05, 3.63) is 6.42 Å². The highest BCUT2D eigenvalue weighted by Crippen LogP contribution is 2.06. The van der Waals surface area contributed by atoms with Crippen molar-refractivity contribution >= 4 is 0 Å². The van der Waals surface area contributed by atoms with Crippen molar-refractivity contribution in [2.45, 2.75) is 26.2 Å². The molecular formula is C8H16N. The minimum absolute atomic E-state index is 1.23. The number of rotatable bonds is 2. The summed E-state index contributed by atoms with van der Waals surface area (Å²) in [5.74, 6) is 0. The van der Waals surface area contributed by atoms with Crippen LogP contribution in [0.15, 0.2) is 0 Å². The van der Waals surface area contributed by atoms with Crippen LogP contribution in [0.5, 0.6) is 0 Å². The monoisotopic (exact) mass is 126 g/mol. The Bertz CT molecular complexity index is 62.2. The third-order valence-electron chi connectivity index (χ3n) is 1.81. The van der Waals surface area contributed by atoms with Gasteiger partial charge in [0, 0.05) is 6.54 Å². The van der Waals surface area contributed by atoms with Crippen LogP contribution < -0.4 is 0 Å². The highest BCUT2D eigenvalue weighted by Gasteiger charge is 2.07. The van der Waals surface area contributed by atoms with Crippen LogP contribution in [-0.2, 0) is 0 Å². The van der Waals surface area contributed by atoms with Crippen LogP contribution in [0.3, 0.4) is 0 Å². The Balaban J connectivity index is 2.08. The van der Waals surface area contributed by atoms with E-state index in [0.29, 0.717) is 0 Å². The molecule has 0 bridgehead atoms. The van der Waals surface area contributed by atoms with Gasteiger partial charge in [-0.05, 0) is 38.8 Å². The van der Waals surface area contributed by atoms with Gasteiger partial charge in [-0.25, -0.2) is 0 Å². The Morgan fingerprint density at radius 1 is 1.56 bits per heavy atom. The van der Waals surface area contributed by atoms with E-state index >= 15 is 0 Å². The Labute approximate surface area is 58.0 Å². The molecule has 0 saturated carbocycles. The summed E-state index contributed by atoms with van der Waals surface area (Å²) in [6, 6.07) is 0. The van der Waals surface area contributed by atoms with Gasteiger partial charge in [-0.15, -0.1) is 0 Å². The smallest absolute Gasteiger partial charge is 0.00128 e. The quantitative estimate of drug-likeness (QED) is 0.544. The van der Waals surface area contributed by atoms with Gasteiger partial charge in [-0.3, -0.25) is 0 Å². The Morgan fingerprint density at radius 3 is 3.00 bits per heavy atom. The van der Waals surface area contributed by atoms with E-state index < -0.39 is 0 Å². The molecule has 0 N–H and O–H groups in total. The van der Waals surface area contributed by atoms with Gasteiger partial charge in [0.25, 0.3) is 0 Å². The lowest BCUT2D eigenvalue weighted by molar-refractivity contribution is 0.263. The summed E-state index contributed by atoms with van der Waals surface area (Å²) in [5.41, 5.74) is 0. The first-order valence-corrected chi connectivity index (χ1v) is 3.97. The molecule has 0 aromatic heterocycles. The van der Waals surface area contributed by atoms with Crippen LogP contribution in [0.25, 0.3) is 0 Å². The van der Waals surface area contributed by atoms with Gasteiger partial charge in [0.05, 0.1) is 0 Å². The van der Waals surface area contributed by atoms with Gasteiger partial charge in [0.15, 0.2) is 0 Å². The first-order chi connectivity index (χ1) is 4.43. The van der Waals surface area contributed by atoms with E-state index in [1.165, 1.54) is 38.9 Å². The zero-order valence-electron chi connectivity index (χ0n) is 6.27. The fourth-order valence-electron chi connectivity index (χ4n) is 1.34. The number of nitrogens with zero attached hydrogens (tertiary/aromatic N) is 1. The third kappa shape index (κ3) is 2.35. The van der Waals surface area contributed by atoms with E-state index in [9.17, 15) is 0 Å². The fourth-order valence-corrected chi connectivity index (χ4v) is 1.34. The van der Waals surface area contributed by atoms with Gasteiger partial charge < -0.3 is 4.90 Å². The maximum absolute atomic E-state index is 2.52. The van der Waals surface area contributed by atoms with Gasteiger partial charge in [0.2, 0.25) is 0 Å². The molecule has 0 aromatic rings. The highest BCUT2D eigenvalue weighted by molar-refractivity contribution is 4.76. The average molecular weight is 126 g/mol. The summed E-state index contributed by atoms with van der Waals surface area (Å²) in [6.07, 6.45) is 6.40. The lowest BCUT2D eigenvalue weighted by Gasteiger charge is -2.25. The number of hydrogen-bond acceptors (Lipinski definition) is 1. The molecule has 0 unspecified atom stereocenters. The molecule has 0 amide bonds. The molecule has 1 fully saturated rings. The van der Waals surface area contributed by atoms with E-state index in [1.807, 2.05) is 0 Å². The molecule has 1 nitrogen and oxygen atoms in total. The van der Waals surface area contributed by atoms with Crippen LogP contribution >= 0.6 is 0 Å². The molecule has 0 aliphatic carbocycles. The predicted octanol–water partition coefficient (Wildman–Crippen LogP) is 1.70. The van der Waals surface area contributed by atoms with E-state index in [0.717, 1.165) is 0 Å². The molecule has 0 spiro atoms. The molecule has 9 heavy (non-hydrogen) atoms. The standard InChI is InChI=1S/C8H16N/c1-2-6-9-7-4-3-5-8-9/h4H,2-3,5-8H2,1H3. The Kier molecular flexibility index (Phi) is 3.05. The van der Waals surface area contributed by atoms with Crippen molar-refractivity contribution in [1.82, 2.24) is 4.90 Å². The lowest BCUT2D eigenvalue weighted by atomic mass is 10.1. The minimum atomic E-state index is 1.23. The van der Waals surface area contributed by atoms with Gasteiger partial charge in [-0.1, -0.05) is 6.92 Å². The van der Waals surface area contributed by atoms with E-state index in [4.69, 9.17) is 0 Å². The zero-order valence-corrected chi connectivity index (χ0v) is 6.27. The van der Waals surface area contributed by atoms with Crippen molar-refractivity contribution < 1.29 is 0 Å². The maximum atomic E-state index is 2.52. The molecule has 1 heteroatoms. The average Bonchev–Trinajstić information content (AvgIpc) is 1.91. The SMILES string of the molecule is CCCN1C[CH]CCC1. The fraction of sp³-hybridized carbons (Fsp3) is 0.875. The zero-order chi connectivity index (χ0) is 6.53. The maximum Gasteiger partial charge on any atom is 0.00128 e. The van der Waals surface area contributed by atoms with Gasteiger partial charge in [-0.2, -0.15) is 0 Å². The Hall–Kier alpha value is -0.0400. The molecule has 0 aromatic carbocycles. The molecule has 1 saturated heterocycles. The van der Waals surface area contributed by atoms with Gasteiger partial charge in [0.1, 0.15) is 0 Å². The highest BCUT2D eigenvalue weighted by atomic mass is 15.1. The first kappa shape index (κ1) is 7.07. The van der Waals surface area contributed by atoms with Crippen molar-refractivity contribution in [3.8, 4) is 0 Å².